The number of anilines is 1. The van der Waals surface area contributed by atoms with Crippen molar-refractivity contribution in [2.75, 3.05) is 11.9 Å². The Labute approximate surface area is 188 Å². The smallest absolute Gasteiger partial charge is 0.311 e. The number of hydrogen-bond acceptors (Lipinski definition) is 5. The van der Waals surface area contributed by atoms with E-state index in [4.69, 9.17) is 10.5 Å². The van der Waals surface area contributed by atoms with Gasteiger partial charge in [0.05, 0.1) is 5.92 Å². The molecular weight excluding hydrogens is 402 g/mol. The Morgan fingerprint density at radius 1 is 1.16 bits per heavy atom. The van der Waals surface area contributed by atoms with Crippen LogP contribution in [-0.2, 0) is 14.3 Å². The molecule has 1 aromatic heterocycles. The van der Waals surface area contributed by atoms with Gasteiger partial charge in [-0.1, -0.05) is 31.4 Å². The quantitative estimate of drug-likeness (QED) is 0.616. The number of aromatic nitrogens is 1. The summed E-state index contributed by atoms with van der Waals surface area (Å²) in [5, 5.41) is 5.03. The fourth-order valence-electron chi connectivity index (χ4n) is 4.66. The first kappa shape index (κ1) is 22.2. The lowest BCUT2D eigenvalue weighted by Crippen LogP contribution is -2.35. The van der Waals surface area contributed by atoms with Gasteiger partial charge in [-0.15, -0.1) is 0 Å². The molecule has 0 saturated heterocycles. The van der Waals surface area contributed by atoms with Crippen molar-refractivity contribution in [3.05, 3.63) is 60.6 Å². The van der Waals surface area contributed by atoms with Crippen LogP contribution in [-0.4, -0.2) is 23.4 Å². The Balaban J connectivity index is 1.31. The minimum atomic E-state index is -0.366. The van der Waals surface area contributed by atoms with E-state index in [2.05, 4.69) is 10.3 Å². The van der Waals surface area contributed by atoms with Crippen molar-refractivity contribution in [3.8, 4) is 0 Å². The molecule has 2 atom stereocenters. The maximum absolute atomic E-state index is 12.9. The first-order valence-electron chi connectivity index (χ1n) is 11.6. The second kappa shape index (κ2) is 10.6. The van der Waals surface area contributed by atoms with Crippen LogP contribution in [0.2, 0.25) is 0 Å². The number of amides is 1. The molecular formula is C26H31N3O3. The second-order valence-corrected chi connectivity index (χ2v) is 8.82. The number of pyridine rings is 1. The van der Waals surface area contributed by atoms with Gasteiger partial charge in [-0.2, -0.15) is 0 Å². The van der Waals surface area contributed by atoms with Gasteiger partial charge in [-0.25, -0.2) is 0 Å². The van der Waals surface area contributed by atoms with Gasteiger partial charge >= 0.3 is 5.97 Å². The van der Waals surface area contributed by atoms with Crippen LogP contribution < -0.4 is 11.1 Å². The summed E-state index contributed by atoms with van der Waals surface area (Å²) in [6, 6.07) is 7.66. The standard InChI is InChI=1S/C26H31N3O3/c27-16-24(26(31)29-22-9-6-21-17-28-13-12-20(21)15-22)19-7-10-23(11-8-19)32-25(30)14-18-4-2-1-3-5-18/h6-7,9-13,15,17-19,24H,1-5,8,14,16,27H2,(H,29,31). The SMILES string of the molecule is NCC(C(=O)Nc1ccc2cnccc2c1)C1C=CC(OC(=O)CC2CCCCC2)=CC1. The third kappa shape index (κ3) is 5.62. The van der Waals surface area contributed by atoms with Crippen molar-refractivity contribution in [1.29, 1.82) is 0 Å². The lowest BCUT2D eigenvalue weighted by molar-refractivity contribution is -0.140. The van der Waals surface area contributed by atoms with Gasteiger partial charge in [0.1, 0.15) is 5.76 Å². The summed E-state index contributed by atoms with van der Waals surface area (Å²) in [6.45, 7) is 0.239. The average Bonchev–Trinajstić information content (AvgIpc) is 2.81. The first-order chi connectivity index (χ1) is 15.6. The van der Waals surface area contributed by atoms with Gasteiger partial charge in [-0.3, -0.25) is 14.6 Å². The highest BCUT2D eigenvalue weighted by atomic mass is 16.5. The molecule has 0 bridgehead atoms. The van der Waals surface area contributed by atoms with E-state index in [0.717, 1.165) is 29.3 Å². The molecule has 2 aliphatic rings. The normalized spacial score (nSPS) is 19.9. The van der Waals surface area contributed by atoms with Gasteiger partial charge in [-0.05, 0) is 66.8 Å². The van der Waals surface area contributed by atoms with Crippen LogP contribution in [0.3, 0.4) is 0 Å². The van der Waals surface area contributed by atoms with Crippen molar-refractivity contribution in [1.82, 2.24) is 4.98 Å². The largest absolute Gasteiger partial charge is 0.427 e. The third-order valence-electron chi connectivity index (χ3n) is 6.53. The fraction of sp³-hybridized carbons (Fsp3) is 0.423. The van der Waals surface area contributed by atoms with Crippen molar-refractivity contribution < 1.29 is 14.3 Å². The maximum atomic E-state index is 12.9. The fourth-order valence-corrected chi connectivity index (χ4v) is 4.66. The molecule has 0 aliphatic heterocycles. The third-order valence-corrected chi connectivity index (χ3v) is 6.53. The first-order valence-corrected chi connectivity index (χ1v) is 11.6. The van der Waals surface area contributed by atoms with E-state index in [9.17, 15) is 9.59 Å². The monoisotopic (exact) mass is 433 g/mol. The highest BCUT2D eigenvalue weighted by Gasteiger charge is 2.27. The van der Waals surface area contributed by atoms with E-state index in [1.807, 2.05) is 36.4 Å². The van der Waals surface area contributed by atoms with Gasteiger partial charge in [0.25, 0.3) is 0 Å². The van der Waals surface area contributed by atoms with E-state index < -0.39 is 0 Å². The van der Waals surface area contributed by atoms with E-state index in [-0.39, 0.29) is 30.3 Å². The molecule has 4 rings (SSSR count). The number of hydrogen-bond donors (Lipinski definition) is 2. The summed E-state index contributed by atoms with van der Waals surface area (Å²) in [5.74, 6) is 0.350. The molecule has 0 spiro atoms. The van der Waals surface area contributed by atoms with Crippen LogP contribution in [0.4, 0.5) is 5.69 Å². The van der Waals surface area contributed by atoms with Crippen LogP contribution in [0, 0.1) is 17.8 Å². The highest BCUT2D eigenvalue weighted by molar-refractivity contribution is 5.95. The summed E-state index contributed by atoms with van der Waals surface area (Å²) in [6.07, 6.45) is 16.2. The number of fused-ring (bicyclic) bond motifs is 1. The molecule has 1 saturated carbocycles. The summed E-state index contributed by atoms with van der Waals surface area (Å²) in [5.41, 5.74) is 6.70. The Bertz CT molecular complexity index is 1020. The average molecular weight is 434 g/mol. The molecule has 1 amide bonds. The van der Waals surface area contributed by atoms with Crippen molar-refractivity contribution >= 4 is 28.3 Å². The number of nitrogens with zero attached hydrogens (tertiary/aromatic N) is 1. The number of esters is 1. The molecule has 1 fully saturated rings. The maximum Gasteiger partial charge on any atom is 0.311 e. The lowest BCUT2D eigenvalue weighted by Gasteiger charge is -2.24. The zero-order valence-corrected chi connectivity index (χ0v) is 18.3. The number of benzene rings is 1. The van der Waals surface area contributed by atoms with Crippen LogP contribution in [0.15, 0.2) is 60.6 Å². The van der Waals surface area contributed by atoms with Gasteiger partial charge in [0.2, 0.25) is 5.91 Å². The molecule has 2 aliphatic carbocycles. The number of nitrogens with two attached hydrogens (primary N) is 1. The van der Waals surface area contributed by atoms with E-state index >= 15 is 0 Å². The van der Waals surface area contributed by atoms with Crippen molar-refractivity contribution in [2.45, 2.75) is 44.9 Å². The highest BCUT2D eigenvalue weighted by Crippen LogP contribution is 2.29. The Kier molecular flexibility index (Phi) is 7.32. The van der Waals surface area contributed by atoms with E-state index in [1.54, 1.807) is 18.5 Å². The van der Waals surface area contributed by atoms with Crippen molar-refractivity contribution in [2.24, 2.45) is 23.5 Å². The molecule has 32 heavy (non-hydrogen) atoms. The van der Waals surface area contributed by atoms with Crippen molar-refractivity contribution in [3.63, 3.8) is 0 Å². The minimum Gasteiger partial charge on any atom is -0.427 e. The van der Waals surface area contributed by atoms with Crippen LogP contribution in [0.5, 0.6) is 0 Å². The molecule has 6 nitrogen and oxygen atoms in total. The zero-order chi connectivity index (χ0) is 22.3. The van der Waals surface area contributed by atoms with Crippen LogP contribution in [0.25, 0.3) is 10.8 Å². The molecule has 0 radical (unpaired) electrons. The Morgan fingerprint density at radius 3 is 2.75 bits per heavy atom. The topological polar surface area (TPSA) is 94.3 Å². The molecule has 6 heteroatoms. The van der Waals surface area contributed by atoms with Gasteiger partial charge in [0.15, 0.2) is 0 Å². The zero-order valence-electron chi connectivity index (χ0n) is 18.3. The predicted octanol–water partition coefficient (Wildman–Crippen LogP) is 4.72. The minimum absolute atomic E-state index is 0.0366. The molecule has 2 unspecified atom stereocenters. The summed E-state index contributed by atoms with van der Waals surface area (Å²) in [4.78, 5) is 29.3. The molecule has 2 aromatic rings. The molecule has 3 N–H and O–H groups in total. The molecule has 168 valence electrons. The summed E-state index contributed by atoms with van der Waals surface area (Å²) in [7, 11) is 0. The van der Waals surface area contributed by atoms with Gasteiger partial charge in [0, 0.05) is 36.4 Å². The summed E-state index contributed by atoms with van der Waals surface area (Å²) < 4.78 is 5.55. The number of nitrogens with one attached hydrogen (secondary N) is 1. The van der Waals surface area contributed by atoms with Crippen LogP contribution in [0.1, 0.15) is 44.9 Å². The number of carbonyl (C=O) groups excluding carboxylic acids is 2. The molecule has 1 aromatic carbocycles. The molecule has 1 heterocycles. The van der Waals surface area contributed by atoms with E-state index in [0.29, 0.717) is 24.5 Å². The van der Waals surface area contributed by atoms with Crippen LogP contribution >= 0.6 is 0 Å². The Morgan fingerprint density at radius 2 is 2.00 bits per heavy atom. The summed E-state index contributed by atoms with van der Waals surface area (Å²) >= 11 is 0. The van der Waals surface area contributed by atoms with Gasteiger partial charge < -0.3 is 15.8 Å². The number of rotatable bonds is 7. The number of carbonyl (C=O) groups is 2. The second-order valence-electron chi connectivity index (χ2n) is 8.82. The number of allylic oxidation sites excluding steroid dienone is 3. The lowest BCUT2D eigenvalue weighted by atomic mass is 9.85. The van der Waals surface area contributed by atoms with E-state index in [1.165, 1.54) is 19.3 Å². The Hall–Kier alpha value is -2.99. The number of ether oxygens (including phenoxy) is 1. The predicted molar refractivity (Wildman–Crippen MR) is 126 cm³/mol.